The summed E-state index contributed by atoms with van der Waals surface area (Å²) in [5.74, 6) is -1.30. The Kier molecular flexibility index (Phi) is 34.2. The molecule has 1 aliphatic carbocycles. The maximum absolute atomic E-state index is 13.0. The van der Waals surface area contributed by atoms with E-state index in [9.17, 15) is 53.8 Å². The van der Waals surface area contributed by atoms with E-state index in [0.29, 0.717) is 19.3 Å². The number of carbonyl (C=O) groups is 2. The smallest absolute Gasteiger partial charge is 0.462 e. The summed E-state index contributed by atoms with van der Waals surface area (Å²) in [6, 6.07) is 0. The molecule has 1 aliphatic heterocycles. The number of hydrogen-bond donors (Lipinski definition) is 7. The van der Waals surface area contributed by atoms with Crippen molar-refractivity contribution >= 4 is 27.6 Å². The van der Waals surface area contributed by atoms with E-state index in [1.807, 2.05) is 12.2 Å². The van der Waals surface area contributed by atoms with Gasteiger partial charge in [-0.1, -0.05) is 137 Å². The largest absolute Gasteiger partial charge is 0.472 e. The summed E-state index contributed by atoms with van der Waals surface area (Å²) in [5.41, 5.74) is 0. The molecule has 7 unspecified atom stereocenters. The van der Waals surface area contributed by atoms with E-state index in [1.54, 1.807) is 0 Å². The molecule has 17 nitrogen and oxygen atoms in total. The molecule has 0 aromatic heterocycles. The van der Waals surface area contributed by atoms with Crippen LogP contribution in [0.1, 0.15) is 155 Å². The van der Waals surface area contributed by atoms with E-state index in [2.05, 4.69) is 91.3 Å². The van der Waals surface area contributed by atoms with Crippen LogP contribution in [0.4, 0.5) is 0 Å². The Hall–Kier alpha value is -2.86. The fourth-order valence-corrected chi connectivity index (χ4v) is 8.88. The first-order valence-corrected chi connectivity index (χ1v) is 28.3. The van der Waals surface area contributed by atoms with Crippen molar-refractivity contribution in [3.63, 3.8) is 0 Å². The molecule has 0 radical (unpaired) electrons. The molecule has 1 saturated heterocycles. The monoisotopic (exact) mass is 1030 g/mol. The average Bonchev–Trinajstić information content (AvgIpc) is 4.08. The van der Waals surface area contributed by atoms with Crippen molar-refractivity contribution < 1.29 is 81.6 Å². The molecule has 19 heteroatoms. The number of phosphoric acid groups is 2. The lowest BCUT2D eigenvalue weighted by Gasteiger charge is -2.43. The van der Waals surface area contributed by atoms with Crippen LogP contribution >= 0.6 is 15.6 Å². The topological polar surface area (TPSA) is 269 Å². The van der Waals surface area contributed by atoms with Gasteiger partial charge in [0.25, 0.3) is 0 Å². The second-order valence-electron chi connectivity index (χ2n) is 17.5. The normalized spacial score (nSPS) is 24.6. The van der Waals surface area contributed by atoms with Crippen molar-refractivity contribution in [2.75, 3.05) is 13.2 Å². The van der Waals surface area contributed by atoms with Crippen molar-refractivity contribution in [3.05, 3.63) is 85.1 Å². The molecule has 0 bridgehead atoms. The van der Waals surface area contributed by atoms with Crippen LogP contribution in [0.25, 0.3) is 0 Å². The third-order valence-corrected chi connectivity index (χ3v) is 12.9. The van der Waals surface area contributed by atoms with Gasteiger partial charge < -0.3 is 49.3 Å². The van der Waals surface area contributed by atoms with Gasteiger partial charge in [-0.15, -0.1) is 0 Å². The van der Waals surface area contributed by atoms with Gasteiger partial charge in [-0.05, 0) is 89.9 Å². The Bertz CT molecular complexity index is 1740. The number of esters is 2. The number of carbonyl (C=O) groups excluding carboxylic acids is 2. The molecule has 400 valence electrons. The number of epoxide rings is 1. The van der Waals surface area contributed by atoms with Crippen molar-refractivity contribution in [2.24, 2.45) is 0 Å². The second kappa shape index (κ2) is 37.8. The zero-order valence-electron chi connectivity index (χ0n) is 41.4. The zero-order chi connectivity index (χ0) is 51.5. The molecule has 1 saturated carbocycles. The minimum Gasteiger partial charge on any atom is -0.462 e. The molecule has 0 aromatic carbocycles. The van der Waals surface area contributed by atoms with Gasteiger partial charge in [-0.2, -0.15) is 0 Å². The van der Waals surface area contributed by atoms with Gasteiger partial charge in [0.1, 0.15) is 43.2 Å². The summed E-state index contributed by atoms with van der Waals surface area (Å²) in [6.07, 6.45) is 34.1. The first-order chi connectivity index (χ1) is 33.6. The maximum Gasteiger partial charge on any atom is 0.472 e. The van der Waals surface area contributed by atoms with Gasteiger partial charge in [0.15, 0.2) is 6.10 Å². The van der Waals surface area contributed by atoms with Crippen LogP contribution in [0.2, 0.25) is 0 Å². The number of rotatable bonds is 40. The standard InChI is InChI=1S/C51H84O17P2/c1-3-5-7-9-11-13-14-15-16-17-18-19-20-21-22-24-26-28-33-37-44(52)63-39-41(40-64-70(61,62)68-51-48(56)46(54)47(55)50(49(51)57)67-69(58,59)60)65-45(53)38-34-30-29-32-36-43-42(66-43)35-31-27-25-23-12-10-8-6-4-2/h5,7,11-13,15-16,18-19,23,27,29,31-32,41-43,46-51,54-57H,3-4,6,8-10,14,17,20-22,24-26,28,30,33-40H2,1-2H3,(H,61,62)(H2,58,59,60)/b7-5-,13-11-,16-15-,19-18-,23-12-,31-27-,32-29-/t41-,42?,43?,46?,47?,48?,49?,50-,51+/m1/s1. The minimum absolute atomic E-state index is 0.0481. The quantitative estimate of drug-likeness (QED) is 0.00991. The first kappa shape index (κ1) is 63.3. The highest BCUT2D eigenvalue weighted by Crippen LogP contribution is 2.49. The number of unbranched alkanes of at least 4 members (excludes halogenated alkanes) is 10. The van der Waals surface area contributed by atoms with Crippen LogP contribution in [0.15, 0.2) is 85.1 Å². The lowest BCUT2D eigenvalue weighted by molar-refractivity contribution is -0.216. The SMILES string of the molecule is CC/C=C\C/C=C\C/C=C\C/C=C\CCCCCCCCC(=O)OC[C@H](COP(=O)(O)O[C@H]1C(O)C(O)C(O)[C@@H](OP(=O)(O)O)C1O)OC(=O)CCC/C=C\CC1OC1C/C=C\C/C=C\CCCCC. The fourth-order valence-electron chi connectivity index (χ4n) is 7.34. The fraction of sp³-hybridized carbons (Fsp3) is 0.686. The third kappa shape index (κ3) is 30.9. The van der Waals surface area contributed by atoms with Crippen LogP contribution in [-0.4, -0.2) is 115 Å². The molecule has 2 aliphatic rings. The minimum atomic E-state index is -5.38. The Morgan fingerprint density at radius 1 is 0.529 bits per heavy atom. The summed E-state index contributed by atoms with van der Waals surface area (Å²) in [5, 5.41) is 41.3. The summed E-state index contributed by atoms with van der Waals surface area (Å²) in [6.45, 7) is 2.90. The van der Waals surface area contributed by atoms with E-state index in [-0.39, 0.29) is 25.0 Å². The molecule has 70 heavy (non-hydrogen) atoms. The van der Waals surface area contributed by atoms with Crippen LogP contribution in [0.3, 0.4) is 0 Å². The number of allylic oxidation sites excluding steroid dienone is 12. The molecule has 0 amide bonds. The molecule has 7 N–H and O–H groups in total. The highest BCUT2D eigenvalue weighted by Gasteiger charge is 2.54. The van der Waals surface area contributed by atoms with Crippen molar-refractivity contribution in [1.29, 1.82) is 0 Å². The molecule has 0 spiro atoms. The van der Waals surface area contributed by atoms with E-state index in [0.717, 1.165) is 89.9 Å². The van der Waals surface area contributed by atoms with Crippen LogP contribution in [0, 0.1) is 0 Å². The van der Waals surface area contributed by atoms with Crippen molar-refractivity contribution in [1.82, 2.24) is 0 Å². The zero-order valence-corrected chi connectivity index (χ0v) is 43.1. The van der Waals surface area contributed by atoms with E-state index < -0.39 is 83.5 Å². The summed E-state index contributed by atoms with van der Waals surface area (Å²) < 4.78 is 55.2. The molecule has 10 atom stereocenters. The predicted molar refractivity (Wildman–Crippen MR) is 268 cm³/mol. The van der Waals surface area contributed by atoms with Gasteiger partial charge in [-0.3, -0.25) is 23.2 Å². The number of aliphatic hydroxyl groups excluding tert-OH is 4. The van der Waals surface area contributed by atoms with Gasteiger partial charge >= 0.3 is 27.6 Å². The second-order valence-corrected chi connectivity index (χ2v) is 20.1. The Morgan fingerprint density at radius 2 is 1.00 bits per heavy atom. The molecular formula is C51H84O17P2. The number of phosphoric ester groups is 2. The van der Waals surface area contributed by atoms with Crippen LogP contribution < -0.4 is 0 Å². The molecular weight excluding hydrogens is 946 g/mol. The summed E-state index contributed by atoms with van der Waals surface area (Å²) in [7, 11) is -10.7. The highest BCUT2D eigenvalue weighted by atomic mass is 31.2. The van der Waals surface area contributed by atoms with Crippen molar-refractivity contribution in [2.45, 2.75) is 210 Å². The number of ether oxygens (including phenoxy) is 3. The molecule has 1 heterocycles. The van der Waals surface area contributed by atoms with E-state index in [4.69, 9.17) is 23.3 Å². The molecule has 0 aromatic rings. The number of aliphatic hydroxyl groups is 4. The van der Waals surface area contributed by atoms with Gasteiger partial charge in [0, 0.05) is 12.8 Å². The van der Waals surface area contributed by atoms with Gasteiger partial charge in [-0.25, -0.2) is 9.13 Å². The lowest BCUT2D eigenvalue weighted by atomic mass is 9.85. The average molecular weight is 1030 g/mol. The lowest BCUT2D eigenvalue weighted by Crippen LogP contribution is -2.64. The highest BCUT2D eigenvalue weighted by molar-refractivity contribution is 7.47. The van der Waals surface area contributed by atoms with Gasteiger partial charge in [0.05, 0.1) is 18.8 Å². The van der Waals surface area contributed by atoms with Crippen LogP contribution in [0.5, 0.6) is 0 Å². The Balaban J connectivity index is 1.80. The van der Waals surface area contributed by atoms with Crippen molar-refractivity contribution in [3.8, 4) is 0 Å². The molecule has 2 fully saturated rings. The third-order valence-electron chi connectivity index (χ3n) is 11.4. The first-order valence-electron chi connectivity index (χ1n) is 25.3. The summed E-state index contributed by atoms with van der Waals surface area (Å²) >= 11 is 0. The summed E-state index contributed by atoms with van der Waals surface area (Å²) in [4.78, 5) is 54.5. The van der Waals surface area contributed by atoms with Gasteiger partial charge in [0.2, 0.25) is 0 Å². The van der Waals surface area contributed by atoms with E-state index >= 15 is 0 Å². The van der Waals surface area contributed by atoms with Crippen LogP contribution in [-0.2, 0) is 46.5 Å². The molecule has 2 rings (SSSR count). The maximum atomic E-state index is 13.0. The predicted octanol–water partition coefficient (Wildman–Crippen LogP) is 9.16. The van der Waals surface area contributed by atoms with E-state index in [1.165, 1.54) is 19.3 Å². The Labute approximate surface area is 416 Å². The number of hydrogen-bond acceptors (Lipinski definition) is 14. The Morgan fingerprint density at radius 3 is 1.59 bits per heavy atom.